The lowest BCUT2D eigenvalue weighted by atomic mass is 10.3. The summed E-state index contributed by atoms with van der Waals surface area (Å²) in [7, 11) is 0. The highest BCUT2D eigenvalue weighted by molar-refractivity contribution is 9.10. The molecule has 0 aromatic carbocycles. The van der Waals surface area contributed by atoms with Crippen LogP contribution in [0.4, 0.5) is 10.8 Å². The lowest BCUT2D eigenvalue weighted by Gasteiger charge is -2.01. The van der Waals surface area contributed by atoms with E-state index in [-0.39, 0.29) is 0 Å². The number of nitrogens with one attached hydrogen (secondary N) is 1. The summed E-state index contributed by atoms with van der Waals surface area (Å²) in [6.07, 6.45) is 0. The topological polar surface area (TPSA) is 50.9 Å². The highest BCUT2D eigenvalue weighted by Crippen LogP contribution is 2.27. The molecule has 0 aliphatic heterocycles. The van der Waals surface area contributed by atoms with Crippen LogP contribution in [-0.2, 0) is 6.54 Å². The molecule has 0 bridgehead atoms. The number of thiophene rings is 1. The quantitative estimate of drug-likeness (QED) is 0.913. The van der Waals surface area contributed by atoms with Crippen molar-refractivity contribution in [1.29, 1.82) is 0 Å². The molecule has 3 nitrogen and oxygen atoms in total. The molecule has 2 aromatic rings. The molecule has 15 heavy (non-hydrogen) atoms. The van der Waals surface area contributed by atoms with Crippen molar-refractivity contribution in [1.82, 2.24) is 4.37 Å². The summed E-state index contributed by atoms with van der Waals surface area (Å²) in [5, 5.41) is 6.46. The summed E-state index contributed by atoms with van der Waals surface area (Å²) in [6, 6.07) is 2.11. The van der Waals surface area contributed by atoms with E-state index in [0.29, 0.717) is 5.82 Å². The Bertz CT molecular complexity index is 464. The standard InChI is InChI=1S/C9H10BrN3S2/c1-5-8(11)13-15-9(5)12-3-7-2-6(10)4-14-7/h2,4,12H,3H2,1H3,(H2,11,13). The van der Waals surface area contributed by atoms with Crippen LogP contribution in [0.3, 0.4) is 0 Å². The van der Waals surface area contributed by atoms with Gasteiger partial charge in [-0.2, -0.15) is 4.37 Å². The maximum atomic E-state index is 5.67. The van der Waals surface area contributed by atoms with Crippen molar-refractivity contribution < 1.29 is 0 Å². The molecule has 3 N–H and O–H groups in total. The zero-order valence-corrected chi connectivity index (χ0v) is 11.3. The largest absolute Gasteiger partial charge is 0.383 e. The van der Waals surface area contributed by atoms with E-state index < -0.39 is 0 Å². The Balaban J connectivity index is 2.02. The van der Waals surface area contributed by atoms with Crippen molar-refractivity contribution in [2.45, 2.75) is 13.5 Å². The number of halogens is 1. The van der Waals surface area contributed by atoms with Gasteiger partial charge in [0.05, 0.1) is 6.54 Å². The molecule has 0 amide bonds. The number of rotatable bonds is 3. The Morgan fingerprint density at radius 1 is 1.60 bits per heavy atom. The highest BCUT2D eigenvalue weighted by atomic mass is 79.9. The molecule has 80 valence electrons. The summed E-state index contributed by atoms with van der Waals surface area (Å²) >= 11 is 6.56. The second kappa shape index (κ2) is 4.51. The molecule has 0 aliphatic carbocycles. The molecule has 0 aliphatic rings. The fourth-order valence-corrected chi connectivity index (χ4v) is 3.22. The van der Waals surface area contributed by atoms with Crippen LogP contribution in [0.15, 0.2) is 15.9 Å². The van der Waals surface area contributed by atoms with E-state index in [0.717, 1.165) is 21.6 Å². The predicted octanol–water partition coefficient (Wildman–Crippen LogP) is 3.47. The van der Waals surface area contributed by atoms with Gasteiger partial charge in [-0.25, -0.2) is 0 Å². The van der Waals surface area contributed by atoms with Gasteiger partial charge in [-0.3, -0.25) is 0 Å². The van der Waals surface area contributed by atoms with Crippen LogP contribution in [0.5, 0.6) is 0 Å². The third-order valence-electron chi connectivity index (χ3n) is 2.01. The summed E-state index contributed by atoms with van der Waals surface area (Å²) in [6.45, 7) is 2.80. The van der Waals surface area contributed by atoms with E-state index in [1.807, 2.05) is 6.92 Å². The SMILES string of the molecule is Cc1c(N)nsc1NCc1cc(Br)cs1. The minimum atomic E-state index is 0.620. The Morgan fingerprint density at radius 2 is 2.40 bits per heavy atom. The van der Waals surface area contributed by atoms with Gasteiger partial charge in [-0.05, 0) is 40.5 Å². The van der Waals surface area contributed by atoms with Crippen LogP contribution in [0.25, 0.3) is 0 Å². The van der Waals surface area contributed by atoms with Crippen molar-refractivity contribution in [3.63, 3.8) is 0 Å². The van der Waals surface area contributed by atoms with Crippen molar-refractivity contribution >= 4 is 49.6 Å². The summed E-state index contributed by atoms with van der Waals surface area (Å²) in [5.41, 5.74) is 6.71. The minimum Gasteiger partial charge on any atom is -0.383 e. The van der Waals surface area contributed by atoms with E-state index in [4.69, 9.17) is 5.73 Å². The Labute approximate surface area is 105 Å². The molecule has 2 heterocycles. The molecule has 0 spiro atoms. The van der Waals surface area contributed by atoms with E-state index in [1.54, 1.807) is 11.3 Å². The molecule has 6 heteroatoms. The average Bonchev–Trinajstić information content (AvgIpc) is 2.74. The molecule has 0 unspecified atom stereocenters. The second-order valence-electron chi connectivity index (χ2n) is 3.11. The lowest BCUT2D eigenvalue weighted by Crippen LogP contribution is -1.97. The molecule has 2 rings (SSSR count). The van der Waals surface area contributed by atoms with Gasteiger partial charge in [0.25, 0.3) is 0 Å². The van der Waals surface area contributed by atoms with Crippen LogP contribution < -0.4 is 11.1 Å². The fourth-order valence-electron chi connectivity index (χ4n) is 1.13. The van der Waals surface area contributed by atoms with Gasteiger partial charge in [0.2, 0.25) is 0 Å². The monoisotopic (exact) mass is 303 g/mol. The average molecular weight is 304 g/mol. The first-order valence-electron chi connectivity index (χ1n) is 4.35. The first-order chi connectivity index (χ1) is 7.16. The normalized spacial score (nSPS) is 10.5. The summed E-state index contributed by atoms with van der Waals surface area (Å²) < 4.78 is 5.21. The third kappa shape index (κ3) is 2.50. The fraction of sp³-hybridized carbons (Fsp3) is 0.222. The maximum Gasteiger partial charge on any atom is 0.142 e. The molecule has 0 fully saturated rings. The van der Waals surface area contributed by atoms with Crippen LogP contribution in [0.1, 0.15) is 10.4 Å². The minimum absolute atomic E-state index is 0.620. The Kier molecular flexibility index (Phi) is 3.28. The molecule has 2 aromatic heterocycles. The van der Waals surface area contributed by atoms with Gasteiger partial charge in [0.1, 0.15) is 10.8 Å². The molecular weight excluding hydrogens is 294 g/mol. The Hall–Kier alpha value is -0.590. The van der Waals surface area contributed by atoms with Gasteiger partial charge in [0.15, 0.2) is 0 Å². The lowest BCUT2D eigenvalue weighted by molar-refractivity contribution is 1.20. The summed E-state index contributed by atoms with van der Waals surface area (Å²) in [5.74, 6) is 0.620. The van der Waals surface area contributed by atoms with Gasteiger partial charge < -0.3 is 11.1 Å². The number of nitrogens with two attached hydrogens (primary N) is 1. The van der Waals surface area contributed by atoms with E-state index in [2.05, 4.69) is 37.1 Å². The number of nitrogens with zero attached hydrogens (tertiary/aromatic N) is 1. The molecule has 0 atom stereocenters. The van der Waals surface area contributed by atoms with E-state index in [9.17, 15) is 0 Å². The number of nitrogen functional groups attached to an aromatic ring is 1. The van der Waals surface area contributed by atoms with Crippen molar-refractivity contribution in [3.8, 4) is 0 Å². The zero-order chi connectivity index (χ0) is 10.8. The first kappa shape index (κ1) is 10.9. The van der Waals surface area contributed by atoms with Crippen molar-refractivity contribution in [2.75, 3.05) is 11.1 Å². The van der Waals surface area contributed by atoms with Crippen LogP contribution in [-0.4, -0.2) is 4.37 Å². The van der Waals surface area contributed by atoms with Gasteiger partial charge in [0, 0.05) is 20.3 Å². The number of hydrogen-bond acceptors (Lipinski definition) is 5. The molecule has 0 saturated carbocycles. The molecular formula is C9H10BrN3S2. The number of hydrogen-bond donors (Lipinski definition) is 2. The smallest absolute Gasteiger partial charge is 0.142 e. The number of anilines is 2. The second-order valence-corrected chi connectivity index (χ2v) is 5.79. The van der Waals surface area contributed by atoms with E-state index in [1.165, 1.54) is 16.4 Å². The first-order valence-corrected chi connectivity index (χ1v) is 6.80. The highest BCUT2D eigenvalue weighted by Gasteiger charge is 2.06. The third-order valence-corrected chi connectivity index (χ3v) is 4.62. The number of aromatic nitrogens is 1. The van der Waals surface area contributed by atoms with Crippen molar-refractivity contribution in [3.05, 3.63) is 26.4 Å². The van der Waals surface area contributed by atoms with Crippen molar-refractivity contribution in [2.24, 2.45) is 0 Å². The predicted molar refractivity (Wildman–Crippen MR) is 70.6 cm³/mol. The molecule has 0 radical (unpaired) electrons. The van der Waals surface area contributed by atoms with Crippen LogP contribution in [0, 0.1) is 6.92 Å². The van der Waals surface area contributed by atoms with Crippen LogP contribution >= 0.6 is 38.8 Å². The maximum absolute atomic E-state index is 5.67. The van der Waals surface area contributed by atoms with Crippen LogP contribution in [0.2, 0.25) is 0 Å². The summed E-state index contributed by atoms with van der Waals surface area (Å²) in [4.78, 5) is 1.29. The van der Waals surface area contributed by atoms with Gasteiger partial charge in [-0.15, -0.1) is 11.3 Å². The Morgan fingerprint density at radius 3 is 2.93 bits per heavy atom. The van der Waals surface area contributed by atoms with E-state index >= 15 is 0 Å². The zero-order valence-electron chi connectivity index (χ0n) is 8.08. The van der Waals surface area contributed by atoms with Gasteiger partial charge >= 0.3 is 0 Å². The van der Waals surface area contributed by atoms with Gasteiger partial charge in [-0.1, -0.05) is 0 Å². The molecule has 0 saturated heterocycles.